The Bertz CT molecular complexity index is 1360. The third kappa shape index (κ3) is 4.75. The number of nitrogens with zero attached hydrogens (tertiary/aromatic N) is 1. The zero-order chi connectivity index (χ0) is 24.7. The molecule has 1 aliphatic heterocycles. The van der Waals surface area contributed by atoms with E-state index in [0.717, 1.165) is 33.7 Å². The Balaban J connectivity index is 1.81. The van der Waals surface area contributed by atoms with E-state index in [-0.39, 0.29) is 11.0 Å². The molecule has 1 aliphatic rings. The minimum absolute atomic E-state index is 0.0864. The molecule has 0 unspecified atom stereocenters. The molecule has 3 aromatic rings. The molecule has 0 saturated heterocycles. The number of rotatable bonds is 5. The van der Waals surface area contributed by atoms with Crippen LogP contribution in [0.1, 0.15) is 37.1 Å². The van der Waals surface area contributed by atoms with Crippen LogP contribution in [0.15, 0.2) is 47.4 Å². The highest BCUT2D eigenvalue weighted by Gasteiger charge is 2.28. The van der Waals surface area contributed by atoms with Gasteiger partial charge in [0.05, 0.1) is 34.5 Å². The van der Waals surface area contributed by atoms with Gasteiger partial charge in [0.1, 0.15) is 11.6 Å². The average Bonchev–Trinajstić information content (AvgIpc) is 3.21. The summed E-state index contributed by atoms with van der Waals surface area (Å²) in [5.74, 6) is -3.43. The van der Waals surface area contributed by atoms with Gasteiger partial charge in [0.25, 0.3) is 10.0 Å². The number of anilines is 1. The van der Waals surface area contributed by atoms with Crippen molar-refractivity contribution in [2.45, 2.75) is 37.5 Å². The van der Waals surface area contributed by atoms with Crippen LogP contribution in [0.3, 0.4) is 0 Å². The minimum Gasteiger partial charge on any atom is -0.377 e. The van der Waals surface area contributed by atoms with Crippen LogP contribution in [0, 0.1) is 17.5 Å². The predicted molar refractivity (Wildman–Crippen MR) is 127 cm³/mol. The Hall–Kier alpha value is -2.69. The van der Waals surface area contributed by atoms with Crippen LogP contribution in [0.5, 0.6) is 0 Å². The zero-order valence-corrected chi connectivity index (χ0v) is 20.4. The van der Waals surface area contributed by atoms with Crippen molar-refractivity contribution in [3.8, 4) is 11.3 Å². The van der Waals surface area contributed by atoms with Gasteiger partial charge in [0.2, 0.25) is 0 Å². The van der Waals surface area contributed by atoms with E-state index < -0.39 is 38.1 Å². The quantitative estimate of drug-likeness (QED) is 0.450. The lowest BCUT2D eigenvalue weighted by Gasteiger charge is -2.15. The van der Waals surface area contributed by atoms with Crippen LogP contribution < -0.4 is 4.72 Å². The van der Waals surface area contributed by atoms with Crippen molar-refractivity contribution >= 4 is 32.6 Å². The lowest BCUT2D eigenvalue weighted by atomic mass is 9.98. The molecule has 34 heavy (non-hydrogen) atoms. The Morgan fingerprint density at radius 2 is 1.74 bits per heavy atom. The fraction of sp³-hybridized carbons (Fsp3) is 0.292. The molecule has 0 saturated carbocycles. The van der Waals surface area contributed by atoms with Crippen LogP contribution in [-0.2, 0) is 20.2 Å². The normalized spacial score (nSPS) is 14.7. The smallest absolute Gasteiger partial charge is 0.267 e. The van der Waals surface area contributed by atoms with Gasteiger partial charge in [-0.3, -0.25) is 4.72 Å². The van der Waals surface area contributed by atoms with E-state index in [2.05, 4.69) is 0 Å². The molecule has 2 aromatic carbocycles. The molecule has 1 aromatic heterocycles. The molecule has 180 valence electrons. The van der Waals surface area contributed by atoms with Gasteiger partial charge >= 0.3 is 0 Å². The maximum Gasteiger partial charge on any atom is 0.267 e. The fourth-order valence-corrected chi connectivity index (χ4v) is 5.91. The van der Waals surface area contributed by atoms with E-state index in [4.69, 9.17) is 9.72 Å². The van der Waals surface area contributed by atoms with E-state index in [9.17, 15) is 17.2 Å². The third-order valence-electron chi connectivity index (χ3n) is 5.21. The molecule has 0 amide bonds. The van der Waals surface area contributed by atoms with Gasteiger partial charge < -0.3 is 4.74 Å². The van der Waals surface area contributed by atoms with E-state index in [0.29, 0.717) is 25.3 Å². The molecule has 10 heteroatoms. The number of nitrogens with one attached hydrogen (secondary N) is 1. The van der Waals surface area contributed by atoms with Gasteiger partial charge in [-0.15, -0.1) is 11.3 Å². The Kier molecular flexibility index (Phi) is 6.58. The zero-order valence-electron chi connectivity index (χ0n) is 18.8. The molecule has 4 rings (SSSR count). The van der Waals surface area contributed by atoms with Crippen LogP contribution in [0.4, 0.5) is 18.9 Å². The first-order valence-corrected chi connectivity index (χ1v) is 12.8. The van der Waals surface area contributed by atoms with Crippen molar-refractivity contribution in [2.24, 2.45) is 0 Å². The second-order valence-electron chi connectivity index (χ2n) is 8.82. The first-order valence-electron chi connectivity index (χ1n) is 10.5. The van der Waals surface area contributed by atoms with Crippen LogP contribution in [0.25, 0.3) is 16.8 Å². The molecule has 2 heterocycles. The molecule has 0 fully saturated rings. The summed E-state index contributed by atoms with van der Waals surface area (Å²) < 4.78 is 76.6. The lowest BCUT2D eigenvalue weighted by Crippen LogP contribution is -2.17. The maximum atomic E-state index is 15.7. The van der Waals surface area contributed by atoms with Gasteiger partial charge in [0.15, 0.2) is 10.7 Å². The molecule has 0 bridgehead atoms. The molecule has 0 radical (unpaired) electrons. The van der Waals surface area contributed by atoms with E-state index >= 15 is 4.39 Å². The molecule has 0 spiro atoms. The number of halogens is 3. The molecule has 0 atom stereocenters. The molecule has 0 aliphatic carbocycles. The van der Waals surface area contributed by atoms with Gasteiger partial charge in [-0.1, -0.05) is 39.0 Å². The Morgan fingerprint density at radius 3 is 2.35 bits per heavy atom. The maximum absolute atomic E-state index is 15.7. The molecular weight excluding hydrogens is 485 g/mol. The van der Waals surface area contributed by atoms with Crippen molar-refractivity contribution in [3.05, 3.63) is 69.8 Å². The van der Waals surface area contributed by atoms with E-state index in [1.807, 2.05) is 31.6 Å². The van der Waals surface area contributed by atoms with Gasteiger partial charge in [0, 0.05) is 11.0 Å². The number of hydrogen-bond donors (Lipinski definition) is 1. The average molecular weight is 509 g/mol. The second kappa shape index (κ2) is 9.16. The first kappa shape index (κ1) is 24.4. The first-order chi connectivity index (χ1) is 16.0. The van der Waals surface area contributed by atoms with Crippen molar-refractivity contribution in [2.75, 3.05) is 17.9 Å². The highest BCUT2D eigenvalue weighted by Crippen LogP contribution is 2.41. The Labute approximate surface area is 200 Å². The summed E-state index contributed by atoms with van der Waals surface area (Å²) in [5, 5.41) is 0.795. The van der Waals surface area contributed by atoms with Crippen LogP contribution in [0.2, 0.25) is 0 Å². The predicted octanol–water partition coefficient (Wildman–Crippen LogP) is 6.13. The van der Waals surface area contributed by atoms with Crippen molar-refractivity contribution in [3.63, 3.8) is 0 Å². The minimum atomic E-state index is -4.73. The molecular formula is C24H23F3N2O3S2. The number of sulfonamides is 1. The summed E-state index contributed by atoms with van der Waals surface area (Å²) in [7, 11) is -4.73. The van der Waals surface area contributed by atoms with Gasteiger partial charge in [-0.25, -0.2) is 26.6 Å². The van der Waals surface area contributed by atoms with Crippen molar-refractivity contribution in [1.82, 2.24) is 4.98 Å². The Morgan fingerprint density at radius 1 is 1.06 bits per heavy atom. The van der Waals surface area contributed by atoms with E-state index in [1.54, 1.807) is 0 Å². The number of benzene rings is 2. The monoisotopic (exact) mass is 508 g/mol. The van der Waals surface area contributed by atoms with E-state index in [1.165, 1.54) is 29.5 Å². The number of hydrogen-bond acceptors (Lipinski definition) is 5. The molecule has 1 N–H and O–H groups in total. The van der Waals surface area contributed by atoms with Crippen LogP contribution >= 0.6 is 11.3 Å². The fourth-order valence-electron chi connectivity index (χ4n) is 3.50. The lowest BCUT2D eigenvalue weighted by molar-refractivity contribution is 0.161. The number of ether oxygens (including phenoxy) is 1. The standard InChI is InChI=1S/C24H23F3N2O3S2/c1-24(2,3)23-28-20(21(33-23)14-10-12-32-13-11-14)15-6-4-9-18(19(15)27)29-34(30,31)22-16(25)7-5-8-17(22)26/h4-10,29H,11-13H2,1-3H3. The summed E-state index contributed by atoms with van der Waals surface area (Å²) in [4.78, 5) is 4.33. The largest absolute Gasteiger partial charge is 0.377 e. The highest BCUT2D eigenvalue weighted by atomic mass is 32.2. The summed E-state index contributed by atoms with van der Waals surface area (Å²) in [5.41, 5.74) is 0.731. The summed E-state index contributed by atoms with van der Waals surface area (Å²) in [6.07, 6.45) is 2.57. The summed E-state index contributed by atoms with van der Waals surface area (Å²) in [6, 6.07) is 6.85. The highest BCUT2D eigenvalue weighted by molar-refractivity contribution is 7.92. The second-order valence-corrected chi connectivity index (χ2v) is 11.4. The van der Waals surface area contributed by atoms with Crippen molar-refractivity contribution in [1.29, 1.82) is 0 Å². The molecule has 5 nitrogen and oxygen atoms in total. The van der Waals surface area contributed by atoms with Gasteiger partial charge in [-0.05, 0) is 36.3 Å². The third-order valence-corrected chi connectivity index (χ3v) is 8.18. The summed E-state index contributed by atoms with van der Waals surface area (Å²) >= 11 is 1.46. The number of thiazole rings is 1. The van der Waals surface area contributed by atoms with Crippen LogP contribution in [-0.4, -0.2) is 26.6 Å². The van der Waals surface area contributed by atoms with Crippen molar-refractivity contribution < 1.29 is 26.3 Å². The topological polar surface area (TPSA) is 68.3 Å². The SMILES string of the molecule is CC(C)(C)c1nc(-c2cccc(NS(=O)(=O)c3c(F)cccc3F)c2F)c(C2=CCOCC2)s1. The number of aromatic nitrogens is 1. The summed E-state index contributed by atoms with van der Waals surface area (Å²) in [6.45, 7) is 6.98. The van der Waals surface area contributed by atoms with Gasteiger partial charge in [-0.2, -0.15) is 0 Å².